The van der Waals surface area contributed by atoms with Gasteiger partial charge in [-0.3, -0.25) is 4.79 Å². The van der Waals surface area contributed by atoms with Crippen molar-refractivity contribution in [1.29, 1.82) is 0 Å². The van der Waals surface area contributed by atoms with Crippen LogP contribution in [0.25, 0.3) is 0 Å². The van der Waals surface area contributed by atoms with Crippen molar-refractivity contribution >= 4 is 46.4 Å². The zero-order valence-corrected chi connectivity index (χ0v) is 16.0. The van der Waals surface area contributed by atoms with Gasteiger partial charge in [-0.2, -0.15) is 0 Å². The summed E-state index contributed by atoms with van der Waals surface area (Å²) in [5.74, 6) is -0.734. The average Bonchev–Trinajstić information content (AvgIpc) is 3.09. The molecule has 0 radical (unpaired) electrons. The molecule has 1 aromatic heterocycles. The molecule has 0 fully saturated rings. The summed E-state index contributed by atoms with van der Waals surface area (Å²) in [5, 5.41) is 5.44. The van der Waals surface area contributed by atoms with Gasteiger partial charge in [0.2, 0.25) is 0 Å². The van der Waals surface area contributed by atoms with Crippen LogP contribution >= 0.6 is 34.5 Å². The minimum atomic E-state index is -0.916. The van der Waals surface area contributed by atoms with Gasteiger partial charge in [-0.05, 0) is 43.5 Å². The second-order valence-electron chi connectivity index (χ2n) is 5.25. The van der Waals surface area contributed by atoms with Crippen LogP contribution in [0.2, 0.25) is 10.0 Å². The molecule has 134 valence electrons. The quantitative estimate of drug-likeness (QED) is 0.704. The maximum Gasteiger partial charge on any atom is 0.347 e. The molecule has 8 heteroatoms. The molecule has 0 saturated heterocycles. The van der Waals surface area contributed by atoms with E-state index in [4.69, 9.17) is 32.7 Å². The van der Waals surface area contributed by atoms with Crippen molar-refractivity contribution in [2.45, 2.75) is 26.0 Å². The molecule has 5 nitrogen and oxygen atoms in total. The largest absolute Gasteiger partial charge is 0.477 e. The summed E-state index contributed by atoms with van der Waals surface area (Å²) in [4.78, 5) is 24.8. The van der Waals surface area contributed by atoms with Crippen LogP contribution in [0.1, 0.15) is 24.8 Å². The number of rotatable bonds is 7. The summed E-state index contributed by atoms with van der Waals surface area (Å²) in [5.41, 5.74) is 0. The molecule has 0 bridgehead atoms. The van der Waals surface area contributed by atoms with Crippen molar-refractivity contribution in [1.82, 2.24) is 5.32 Å². The number of thiophene rings is 1. The molecule has 0 aliphatic carbocycles. The number of carbonyl (C=O) groups excluding carboxylic acids is 2. The van der Waals surface area contributed by atoms with Crippen molar-refractivity contribution in [3.8, 4) is 5.75 Å². The van der Waals surface area contributed by atoms with Gasteiger partial charge in [0.25, 0.3) is 5.91 Å². The zero-order chi connectivity index (χ0) is 18.4. The Morgan fingerprint density at radius 2 is 2.00 bits per heavy atom. The molecule has 2 rings (SSSR count). The van der Waals surface area contributed by atoms with Gasteiger partial charge in [-0.25, -0.2) is 4.79 Å². The molecule has 2 aromatic rings. The summed E-state index contributed by atoms with van der Waals surface area (Å²) in [7, 11) is 0. The molecule has 1 heterocycles. The van der Waals surface area contributed by atoms with Gasteiger partial charge in [-0.15, -0.1) is 11.3 Å². The molecule has 0 aliphatic heterocycles. The Balaban J connectivity index is 1.79. The van der Waals surface area contributed by atoms with Gasteiger partial charge in [-0.1, -0.05) is 29.3 Å². The standard InChI is InChI=1S/C17H17Cl2NO4S/c1-10(15-4-3-7-25-15)20-16(21)9-23-17(22)11(2)24-14-6-5-12(18)8-13(14)19/h3-8,10-11H,9H2,1-2H3,(H,20,21)/t10-,11-/m0/s1. The highest BCUT2D eigenvalue weighted by atomic mass is 35.5. The van der Waals surface area contributed by atoms with Crippen LogP contribution in [0.3, 0.4) is 0 Å². The third-order valence-electron chi connectivity index (χ3n) is 3.22. The molecule has 1 N–H and O–H groups in total. The first kappa shape index (κ1) is 19.6. The van der Waals surface area contributed by atoms with Crippen molar-refractivity contribution in [2.75, 3.05) is 6.61 Å². The van der Waals surface area contributed by atoms with Gasteiger partial charge < -0.3 is 14.8 Å². The fraction of sp³-hybridized carbons (Fsp3) is 0.294. The van der Waals surface area contributed by atoms with Crippen LogP contribution in [-0.4, -0.2) is 24.6 Å². The maximum absolute atomic E-state index is 12.0. The van der Waals surface area contributed by atoms with Gasteiger partial charge in [0.15, 0.2) is 12.7 Å². The number of esters is 1. The molecule has 0 aliphatic rings. The SMILES string of the molecule is C[C@H](Oc1ccc(Cl)cc1Cl)C(=O)OCC(=O)N[C@@H](C)c1cccs1. The van der Waals surface area contributed by atoms with E-state index in [0.29, 0.717) is 10.8 Å². The van der Waals surface area contributed by atoms with Crippen LogP contribution in [0.4, 0.5) is 0 Å². The number of carbonyl (C=O) groups is 2. The maximum atomic E-state index is 12.0. The Bertz CT molecular complexity index is 736. The molecule has 0 saturated carbocycles. The summed E-state index contributed by atoms with van der Waals surface area (Å²) in [6.07, 6.45) is -0.916. The first-order chi connectivity index (χ1) is 11.9. The topological polar surface area (TPSA) is 64.6 Å². The summed E-state index contributed by atoms with van der Waals surface area (Å²) in [6.45, 7) is 3.00. The van der Waals surface area contributed by atoms with Gasteiger partial charge >= 0.3 is 5.97 Å². The number of hydrogen-bond acceptors (Lipinski definition) is 5. The fourth-order valence-electron chi connectivity index (χ4n) is 1.96. The highest BCUT2D eigenvalue weighted by molar-refractivity contribution is 7.10. The van der Waals surface area contributed by atoms with Crippen molar-refractivity contribution < 1.29 is 19.1 Å². The highest BCUT2D eigenvalue weighted by Gasteiger charge is 2.20. The van der Waals surface area contributed by atoms with E-state index in [1.54, 1.807) is 23.5 Å². The van der Waals surface area contributed by atoms with E-state index in [-0.39, 0.29) is 23.6 Å². The van der Waals surface area contributed by atoms with E-state index >= 15 is 0 Å². The Kier molecular flexibility index (Phi) is 7.11. The lowest BCUT2D eigenvalue weighted by Gasteiger charge is -2.16. The zero-order valence-electron chi connectivity index (χ0n) is 13.6. The van der Waals surface area contributed by atoms with Crippen LogP contribution in [0, 0.1) is 0 Å². The average molecular weight is 402 g/mol. The van der Waals surface area contributed by atoms with Gasteiger partial charge in [0.1, 0.15) is 5.75 Å². The highest BCUT2D eigenvalue weighted by Crippen LogP contribution is 2.28. The first-order valence-electron chi connectivity index (χ1n) is 7.48. The Morgan fingerprint density at radius 3 is 2.64 bits per heavy atom. The fourth-order valence-corrected chi connectivity index (χ4v) is 3.14. The molecule has 0 unspecified atom stereocenters. The van der Waals surface area contributed by atoms with Crippen LogP contribution in [0.15, 0.2) is 35.7 Å². The number of halogens is 2. The van der Waals surface area contributed by atoms with E-state index in [2.05, 4.69) is 5.32 Å². The number of hydrogen-bond donors (Lipinski definition) is 1. The molecule has 1 aromatic carbocycles. The lowest BCUT2D eigenvalue weighted by molar-refractivity contribution is -0.154. The Hall–Kier alpha value is -1.76. The number of benzene rings is 1. The van der Waals surface area contributed by atoms with Gasteiger partial charge in [0, 0.05) is 9.90 Å². The van der Waals surface area contributed by atoms with Crippen LogP contribution in [0.5, 0.6) is 5.75 Å². The molecule has 2 atom stereocenters. The van der Waals surface area contributed by atoms with Gasteiger partial charge in [0.05, 0.1) is 11.1 Å². The second-order valence-corrected chi connectivity index (χ2v) is 7.07. The predicted molar refractivity (Wildman–Crippen MR) is 98.4 cm³/mol. The monoisotopic (exact) mass is 401 g/mol. The van der Waals surface area contributed by atoms with Crippen LogP contribution < -0.4 is 10.1 Å². The summed E-state index contributed by atoms with van der Waals surface area (Å²) < 4.78 is 10.4. The van der Waals surface area contributed by atoms with E-state index in [1.165, 1.54) is 13.0 Å². The van der Waals surface area contributed by atoms with Crippen LogP contribution in [-0.2, 0) is 14.3 Å². The minimum absolute atomic E-state index is 0.146. The minimum Gasteiger partial charge on any atom is -0.477 e. The molecule has 0 spiro atoms. The lowest BCUT2D eigenvalue weighted by Crippen LogP contribution is -2.34. The van der Waals surface area contributed by atoms with Crippen molar-refractivity contribution in [3.63, 3.8) is 0 Å². The third-order valence-corrected chi connectivity index (χ3v) is 4.81. The second kappa shape index (κ2) is 9.08. The molecule has 1 amide bonds. The Labute approximate surface area is 159 Å². The number of ether oxygens (including phenoxy) is 2. The predicted octanol–water partition coefficient (Wildman–Crippen LogP) is 4.24. The Morgan fingerprint density at radius 1 is 1.24 bits per heavy atom. The van der Waals surface area contributed by atoms with Crippen molar-refractivity contribution in [3.05, 3.63) is 50.6 Å². The number of nitrogens with one attached hydrogen (secondary N) is 1. The van der Waals surface area contributed by atoms with E-state index in [1.807, 2.05) is 24.4 Å². The van der Waals surface area contributed by atoms with E-state index < -0.39 is 12.1 Å². The third kappa shape index (κ3) is 5.92. The van der Waals surface area contributed by atoms with E-state index in [9.17, 15) is 9.59 Å². The molecular weight excluding hydrogens is 385 g/mol. The first-order valence-corrected chi connectivity index (χ1v) is 9.11. The summed E-state index contributed by atoms with van der Waals surface area (Å²) >= 11 is 13.3. The van der Waals surface area contributed by atoms with Crippen molar-refractivity contribution in [2.24, 2.45) is 0 Å². The lowest BCUT2D eigenvalue weighted by atomic mass is 10.3. The smallest absolute Gasteiger partial charge is 0.347 e. The molecule has 25 heavy (non-hydrogen) atoms. The molecular formula is C17H17Cl2NO4S. The number of amides is 1. The summed E-state index contributed by atoms with van der Waals surface area (Å²) in [6, 6.07) is 8.35. The van der Waals surface area contributed by atoms with E-state index in [0.717, 1.165) is 4.88 Å². The normalized spacial score (nSPS) is 13.0.